The largest absolute Gasteiger partial charge is 0.492 e. The first kappa shape index (κ1) is 26.7. The molecule has 0 saturated heterocycles. The van der Waals surface area contributed by atoms with Gasteiger partial charge in [-0.05, 0) is 90.4 Å². The Morgan fingerprint density at radius 1 is 1.08 bits per heavy atom. The zero-order chi connectivity index (χ0) is 27.5. The number of amides is 2. The molecule has 1 aliphatic rings. The van der Waals surface area contributed by atoms with Gasteiger partial charge < -0.3 is 25.5 Å². The highest BCUT2D eigenvalue weighted by molar-refractivity contribution is 6.34. The average molecular weight is 550 g/mol. The Hall–Kier alpha value is -3.88. The number of rotatable bonds is 7. The summed E-state index contributed by atoms with van der Waals surface area (Å²) in [4.78, 5) is 28.8. The summed E-state index contributed by atoms with van der Waals surface area (Å²) in [6.07, 6.45) is 4.67. The van der Waals surface area contributed by atoms with Crippen LogP contribution in [0.25, 0.3) is 22.0 Å². The van der Waals surface area contributed by atoms with Gasteiger partial charge in [-0.1, -0.05) is 17.7 Å². The van der Waals surface area contributed by atoms with Gasteiger partial charge in [0.1, 0.15) is 11.6 Å². The van der Waals surface area contributed by atoms with Crippen LogP contribution in [0.4, 0.5) is 4.39 Å². The number of aromatic amines is 1. The summed E-state index contributed by atoms with van der Waals surface area (Å²) in [5.41, 5.74) is 4.70. The van der Waals surface area contributed by atoms with Gasteiger partial charge >= 0.3 is 0 Å². The van der Waals surface area contributed by atoms with Crippen molar-refractivity contribution in [2.45, 2.75) is 31.7 Å². The van der Waals surface area contributed by atoms with Gasteiger partial charge in [-0.2, -0.15) is 0 Å². The number of ether oxygens (including phenoxy) is 1. The molecular weight excluding hydrogens is 521 g/mol. The molecule has 9 heteroatoms. The van der Waals surface area contributed by atoms with E-state index in [1.165, 1.54) is 12.1 Å². The van der Waals surface area contributed by atoms with E-state index in [0.29, 0.717) is 40.4 Å². The third-order valence-electron chi connectivity index (χ3n) is 7.02. The van der Waals surface area contributed by atoms with Crippen molar-refractivity contribution in [1.29, 1.82) is 0 Å². The smallest absolute Gasteiger partial charge is 0.255 e. The lowest BCUT2D eigenvalue weighted by Crippen LogP contribution is -2.39. The zero-order valence-electron chi connectivity index (χ0n) is 21.4. The van der Waals surface area contributed by atoms with E-state index < -0.39 is 6.04 Å². The molecule has 0 saturated carbocycles. The molecule has 0 fully saturated rings. The van der Waals surface area contributed by atoms with E-state index >= 15 is 0 Å². The summed E-state index contributed by atoms with van der Waals surface area (Å²) in [5, 5.41) is 16.8. The van der Waals surface area contributed by atoms with Crippen molar-refractivity contribution in [3.05, 3.63) is 87.8 Å². The maximum absolute atomic E-state index is 13.6. The van der Waals surface area contributed by atoms with E-state index in [1.54, 1.807) is 43.6 Å². The molecule has 2 heterocycles. The quantitative estimate of drug-likeness (QED) is 0.259. The molecule has 1 atom stereocenters. The molecule has 202 valence electrons. The fourth-order valence-corrected chi connectivity index (χ4v) is 5.27. The normalized spacial score (nSPS) is 13.7. The number of hydrogen-bond acceptors (Lipinski definition) is 4. The molecule has 2 amide bonds. The number of aromatic nitrogens is 1. The van der Waals surface area contributed by atoms with Crippen LogP contribution in [-0.2, 0) is 12.8 Å². The summed E-state index contributed by atoms with van der Waals surface area (Å²) in [7, 11) is 1.54. The van der Waals surface area contributed by atoms with Crippen LogP contribution < -0.4 is 15.4 Å². The van der Waals surface area contributed by atoms with E-state index in [2.05, 4.69) is 15.6 Å². The van der Waals surface area contributed by atoms with Gasteiger partial charge in [-0.25, -0.2) is 4.39 Å². The number of nitrogens with one attached hydrogen (secondary N) is 3. The van der Waals surface area contributed by atoms with Crippen LogP contribution in [0, 0.1) is 5.82 Å². The Labute approximate surface area is 230 Å². The van der Waals surface area contributed by atoms with Crippen LogP contribution in [0.3, 0.4) is 0 Å². The highest BCUT2D eigenvalue weighted by atomic mass is 35.5. The molecule has 1 aromatic heterocycles. The second-order valence-corrected chi connectivity index (χ2v) is 10.1. The third kappa shape index (κ3) is 5.62. The number of H-pyrrole nitrogens is 1. The molecule has 0 bridgehead atoms. The predicted octanol–water partition coefficient (Wildman–Crippen LogP) is 5.04. The molecule has 7 nitrogen and oxygen atoms in total. The van der Waals surface area contributed by atoms with Crippen molar-refractivity contribution in [2.75, 3.05) is 20.3 Å². The zero-order valence-corrected chi connectivity index (χ0v) is 22.2. The van der Waals surface area contributed by atoms with E-state index in [9.17, 15) is 19.1 Å². The predicted molar refractivity (Wildman–Crippen MR) is 149 cm³/mol. The molecule has 1 unspecified atom stereocenters. The van der Waals surface area contributed by atoms with Crippen molar-refractivity contribution in [3.63, 3.8) is 0 Å². The summed E-state index contributed by atoms with van der Waals surface area (Å²) >= 11 is 6.41. The molecule has 3 aromatic carbocycles. The minimum Gasteiger partial charge on any atom is -0.492 e. The highest BCUT2D eigenvalue weighted by Crippen LogP contribution is 2.35. The van der Waals surface area contributed by atoms with Crippen LogP contribution in [0.15, 0.2) is 54.7 Å². The fraction of sp³-hybridized carbons (Fsp3) is 0.267. The highest BCUT2D eigenvalue weighted by Gasteiger charge is 2.24. The average Bonchev–Trinajstić information content (AvgIpc) is 3.16. The molecule has 0 spiro atoms. The molecule has 4 N–H and O–H groups in total. The lowest BCUT2D eigenvalue weighted by Gasteiger charge is -2.20. The van der Waals surface area contributed by atoms with Gasteiger partial charge in [0.05, 0.1) is 35.4 Å². The minimum atomic E-state index is -0.576. The lowest BCUT2D eigenvalue weighted by molar-refractivity contribution is 0.0911. The van der Waals surface area contributed by atoms with Gasteiger partial charge in [0.2, 0.25) is 0 Å². The Balaban J connectivity index is 1.46. The van der Waals surface area contributed by atoms with Gasteiger partial charge in [0.25, 0.3) is 11.8 Å². The summed E-state index contributed by atoms with van der Waals surface area (Å²) in [6.45, 7) is 0.230. The first-order chi connectivity index (χ1) is 18.9. The van der Waals surface area contributed by atoms with Crippen LogP contribution >= 0.6 is 11.6 Å². The number of aryl methyl sites for hydroxylation is 1. The molecule has 4 aromatic rings. The van der Waals surface area contributed by atoms with Gasteiger partial charge in [0, 0.05) is 24.1 Å². The maximum atomic E-state index is 13.6. The maximum Gasteiger partial charge on any atom is 0.255 e. The fourth-order valence-electron chi connectivity index (χ4n) is 5.00. The molecular formula is C30H29ClFN3O4. The van der Waals surface area contributed by atoms with Gasteiger partial charge in [-0.3, -0.25) is 9.59 Å². The molecule has 1 aliphatic heterocycles. The SMILES string of the molecule is CNC(=O)c1ccc(-c2cc3c(c(C(=O)NC(CO)Cc4c[nH]c5cc(F)ccc45)c2)OCCCC3)cc1Cl. The Kier molecular flexibility index (Phi) is 7.86. The number of fused-ring (bicyclic) bond motifs is 2. The van der Waals surface area contributed by atoms with Gasteiger partial charge in [0.15, 0.2) is 0 Å². The van der Waals surface area contributed by atoms with Crippen LogP contribution in [0.1, 0.15) is 44.7 Å². The molecule has 0 aliphatic carbocycles. The standard InChI is InChI=1S/C30H29ClFN3O4/c1-33-29(37)24-7-5-17(13-26(24)31)19-10-18-4-2-3-9-39-28(18)25(12-19)30(38)35-22(16-36)11-20-15-34-27-14-21(32)6-8-23(20)27/h5-8,10,12-15,22,34,36H,2-4,9,11,16H2,1H3,(H,33,37)(H,35,38). The number of carbonyl (C=O) groups is 2. The summed E-state index contributed by atoms with van der Waals surface area (Å²) in [6, 6.07) is 12.8. The number of hydrogen-bond donors (Lipinski definition) is 4. The van der Waals surface area contributed by atoms with E-state index in [1.807, 2.05) is 6.07 Å². The van der Waals surface area contributed by atoms with Crippen LogP contribution in [0.5, 0.6) is 5.75 Å². The summed E-state index contributed by atoms with van der Waals surface area (Å²) in [5.74, 6) is -0.445. The monoisotopic (exact) mass is 549 g/mol. The van der Waals surface area contributed by atoms with E-state index in [0.717, 1.165) is 46.9 Å². The van der Waals surface area contributed by atoms with Gasteiger partial charge in [-0.15, -0.1) is 0 Å². The first-order valence-electron chi connectivity index (χ1n) is 12.9. The number of halogens is 2. The lowest BCUT2D eigenvalue weighted by atomic mass is 9.95. The molecule has 39 heavy (non-hydrogen) atoms. The van der Waals surface area contributed by atoms with Crippen molar-refractivity contribution < 1.29 is 23.8 Å². The van der Waals surface area contributed by atoms with Crippen molar-refractivity contribution in [1.82, 2.24) is 15.6 Å². The van der Waals surface area contributed by atoms with Crippen molar-refractivity contribution in [3.8, 4) is 16.9 Å². The molecule has 5 rings (SSSR count). The minimum absolute atomic E-state index is 0.279. The van der Waals surface area contributed by atoms with Crippen LogP contribution in [0.2, 0.25) is 5.02 Å². The third-order valence-corrected chi connectivity index (χ3v) is 7.34. The number of carbonyl (C=O) groups excluding carboxylic acids is 2. The molecule has 0 radical (unpaired) electrons. The first-order valence-corrected chi connectivity index (χ1v) is 13.2. The van der Waals surface area contributed by atoms with Crippen molar-refractivity contribution in [2.24, 2.45) is 0 Å². The van der Waals surface area contributed by atoms with E-state index in [-0.39, 0.29) is 24.2 Å². The topological polar surface area (TPSA) is 103 Å². The van der Waals surface area contributed by atoms with E-state index in [4.69, 9.17) is 16.3 Å². The van der Waals surface area contributed by atoms with Crippen molar-refractivity contribution >= 4 is 34.3 Å². The Morgan fingerprint density at radius 2 is 1.92 bits per heavy atom. The second-order valence-electron chi connectivity index (χ2n) is 9.65. The number of benzene rings is 3. The Morgan fingerprint density at radius 3 is 2.69 bits per heavy atom. The van der Waals surface area contributed by atoms with Crippen LogP contribution in [-0.4, -0.2) is 48.2 Å². The second kappa shape index (κ2) is 11.5. The number of aliphatic hydroxyl groups is 1. The summed E-state index contributed by atoms with van der Waals surface area (Å²) < 4.78 is 19.6. The number of aliphatic hydroxyl groups excluding tert-OH is 1. The Bertz CT molecular complexity index is 1550.